The number of rotatable bonds is 0. The van der Waals surface area contributed by atoms with Crippen molar-refractivity contribution in [2.75, 3.05) is 0 Å². The number of ether oxygens (including phenoxy) is 1. The Bertz CT molecular complexity index is 201. The summed E-state index contributed by atoms with van der Waals surface area (Å²) in [6, 6.07) is 0. The van der Waals surface area contributed by atoms with Crippen molar-refractivity contribution in [2.24, 2.45) is 5.92 Å². The fraction of sp³-hybridized carbons (Fsp3) is 1.00. The summed E-state index contributed by atoms with van der Waals surface area (Å²) in [5.41, 5.74) is 0.374. The molecular weight excluding hydrogens is 160 g/mol. The smallest absolute Gasteiger partial charge is 0.0715 e. The molecule has 3 atom stereocenters. The lowest BCUT2D eigenvalue weighted by Crippen LogP contribution is -2.37. The number of hydrogen-bond acceptors (Lipinski definition) is 1. The molecule has 3 aliphatic rings. The first-order valence-electron chi connectivity index (χ1n) is 6.07. The average Bonchev–Trinajstić information content (AvgIpc) is 2.30. The minimum absolute atomic E-state index is 0.374. The molecular formula is C12H20O. The molecule has 74 valence electrons. The van der Waals surface area contributed by atoms with Crippen molar-refractivity contribution in [3.05, 3.63) is 0 Å². The van der Waals surface area contributed by atoms with Gasteiger partial charge in [-0.3, -0.25) is 0 Å². The van der Waals surface area contributed by atoms with E-state index in [0.29, 0.717) is 11.7 Å². The first kappa shape index (κ1) is 8.28. The van der Waals surface area contributed by atoms with Crippen LogP contribution in [0.2, 0.25) is 0 Å². The molecule has 2 heterocycles. The first-order valence-corrected chi connectivity index (χ1v) is 6.07. The average molecular weight is 180 g/mol. The Balaban J connectivity index is 1.86. The minimum Gasteiger partial charge on any atom is -0.371 e. The molecule has 3 unspecified atom stereocenters. The lowest BCUT2D eigenvalue weighted by molar-refractivity contribution is -0.0956. The van der Waals surface area contributed by atoms with Gasteiger partial charge in [-0.1, -0.05) is 19.3 Å². The molecule has 0 aromatic rings. The fourth-order valence-corrected chi connectivity index (χ4v) is 3.84. The van der Waals surface area contributed by atoms with Crippen LogP contribution in [0, 0.1) is 5.92 Å². The Labute approximate surface area is 80.8 Å². The second-order valence-corrected chi connectivity index (χ2v) is 5.23. The zero-order valence-corrected chi connectivity index (χ0v) is 8.43. The highest BCUT2D eigenvalue weighted by atomic mass is 16.5. The van der Waals surface area contributed by atoms with Crippen LogP contribution in [0.4, 0.5) is 0 Å². The summed E-state index contributed by atoms with van der Waals surface area (Å²) in [6.07, 6.45) is 13.3. The Morgan fingerprint density at radius 1 is 0.923 bits per heavy atom. The molecule has 0 N–H and O–H groups in total. The van der Waals surface area contributed by atoms with Gasteiger partial charge in [0, 0.05) is 0 Å². The van der Waals surface area contributed by atoms with Gasteiger partial charge < -0.3 is 4.74 Å². The normalized spacial score (nSPS) is 49.8. The number of hydrogen-bond donors (Lipinski definition) is 0. The van der Waals surface area contributed by atoms with E-state index in [-0.39, 0.29) is 0 Å². The van der Waals surface area contributed by atoms with Crippen LogP contribution >= 0.6 is 0 Å². The van der Waals surface area contributed by atoms with Crippen LogP contribution in [0.25, 0.3) is 0 Å². The van der Waals surface area contributed by atoms with Crippen molar-refractivity contribution in [1.82, 2.24) is 0 Å². The molecule has 2 saturated heterocycles. The molecule has 3 fully saturated rings. The summed E-state index contributed by atoms with van der Waals surface area (Å²) in [7, 11) is 0. The van der Waals surface area contributed by atoms with Gasteiger partial charge in [0.2, 0.25) is 0 Å². The second kappa shape index (κ2) is 2.98. The first-order chi connectivity index (χ1) is 6.39. The summed E-state index contributed by atoms with van der Waals surface area (Å²) in [4.78, 5) is 0. The monoisotopic (exact) mass is 180 g/mol. The molecule has 0 radical (unpaired) electrons. The van der Waals surface area contributed by atoms with Crippen molar-refractivity contribution in [3.8, 4) is 0 Å². The summed E-state index contributed by atoms with van der Waals surface area (Å²) >= 11 is 0. The minimum atomic E-state index is 0.374. The quantitative estimate of drug-likeness (QED) is 0.556. The Hall–Kier alpha value is -0.0400. The molecule has 1 heteroatoms. The van der Waals surface area contributed by atoms with E-state index in [4.69, 9.17) is 4.74 Å². The van der Waals surface area contributed by atoms with E-state index in [1.807, 2.05) is 0 Å². The largest absolute Gasteiger partial charge is 0.371 e. The fourth-order valence-electron chi connectivity index (χ4n) is 3.84. The summed E-state index contributed by atoms with van der Waals surface area (Å²) in [5.74, 6) is 0.933. The van der Waals surface area contributed by atoms with Crippen LogP contribution in [-0.2, 0) is 4.74 Å². The third-order valence-electron chi connectivity index (χ3n) is 4.47. The number of fused-ring (bicyclic) bond motifs is 1. The molecule has 1 aliphatic carbocycles. The van der Waals surface area contributed by atoms with E-state index in [1.165, 1.54) is 57.8 Å². The second-order valence-electron chi connectivity index (χ2n) is 5.23. The third kappa shape index (κ3) is 1.24. The van der Waals surface area contributed by atoms with Gasteiger partial charge in [0.15, 0.2) is 0 Å². The van der Waals surface area contributed by atoms with Crippen molar-refractivity contribution < 1.29 is 4.74 Å². The van der Waals surface area contributed by atoms with E-state index < -0.39 is 0 Å². The topological polar surface area (TPSA) is 9.23 Å². The molecule has 3 rings (SSSR count). The van der Waals surface area contributed by atoms with Gasteiger partial charge in [-0.05, 0) is 44.4 Å². The zero-order chi connectivity index (χ0) is 8.73. The Morgan fingerprint density at radius 2 is 1.85 bits per heavy atom. The Morgan fingerprint density at radius 3 is 2.85 bits per heavy atom. The molecule has 2 bridgehead atoms. The van der Waals surface area contributed by atoms with Crippen LogP contribution in [-0.4, -0.2) is 11.7 Å². The van der Waals surface area contributed by atoms with Gasteiger partial charge in [0.25, 0.3) is 0 Å². The van der Waals surface area contributed by atoms with Gasteiger partial charge in [0.05, 0.1) is 11.7 Å². The predicted molar refractivity (Wildman–Crippen MR) is 52.6 cm³/mol. The van der Waals surface area contributed by atoms with Crippen LogP contribution in [0.3, 0.4) is 0 Å². The van der Waals surface area contributed by atoms with E-state index in [9.17, 15) is 0 Å². The maximum absolute atomic E-state index is 6.27. The van der Waals surface area contributed by atoms with Crippen LogP contribution in [0.1, 0.15) is 57.8 Å². The van der Waals surface area contributed by atoms with E-state index in [1.54, 1.807) is 0 Å². The van der Waals surface area contributed by atoms with E-state index >= 15 is 0 Å². The van der Waals surface area contributed by atoms with Gasteiger partial charge >= 0.3 is 0 Å². The Kier molecular flexibility index (Phi) is 1.90. The molecule has 1 nitrogen and oxygen atoms in total. The van der Waals surface area contributed by atoms with Gasteiger partial charge in [0.1, 0.15) is 0 Å². The van der Waals surface area contributed by atoms with Gasteiger partial charge in [-0.15, -0.1) is 0 Å². The summed E-state index contributed by atoms with van der Waals surface area (Å²) in [6.45, 7) is 0. The molecule has 0 aromatic carbocycles. The highest BCUT2D eigenvalue weighted by Gasteiger charge is 2.50. The summed E-state index contributed by atoms with van der Waals surface area (Å²) < 4.78 is 6.27. The highest BCUT2D eigenvalue weighted by molar-refractivity contribution is 5.00. The van der Waals surface area contributed by atoms with Crippen molar-refractivity contribution >= 4 is 0 Å². The molecule has 13 heavy (non-hydrogen) atoms. The van der Waals surface area contributed by atoms with Crippen molar-refractivity contribution in [3.63, 3.8) is 0 Å². The van der Waals surface area contributed by atoms with Crippen LogP contribution in [0.5, 0.6) is 0 Å². The summed E-state index contributed by atoms with van der Waals surface area (Å²) in [5, 5.41) is 0. The third-order valence-corrected chi connectivity index (χ3v) is 4.47. The highest BCUT2D eigenvalue weighted by Crippen LogP contribution is 2.51. The molecule has 1 saturated carbocycles. The lowest BCUT2D eigenvalue weighted by Gasteiger charge is -2.36. The van der Waals surface area contributed by atoms with Gasteiger partial charge in [-0.25, -0.2) is 0 Å². The molecule has 1 spiro atoms. The predicted octanol–water partition coefficient (Wildman–Crippen LogP) is 3.28. The van der Waals surface area contributed by atoms with Crippen molar-refractivity contribution in [1.29, 1.82) is 0 Å². The van der Waals surface area contributed by atoms with Crippen LogP contribution < -0.4 is 0 Å². The molecule has 0 amide bonds. The van der Waals surface area contributed by atoms with E-state index in [2.05, 4.69) is 0 Å². The maximum Gasteiger partial charge on any atom is 0.0715 e. The van der Waals surface area contributed by atoms with E-state index in [0.717, 1.165) is 5.92 Å². The lowest BCUT2D eigenvalue weighted by atomic mass is 9.81. The van der Waals surface area contributed by atoms with Gasteiger partial charge in [-0.2, -0.15) is 0 Å². The molecule has 2 aliphatic heterocycles. The van der Waals surface area contributed by atoms with Crippen molar-refractivity contribution in [2.45, 2.75) is 69.5 Å². The zero-order valence-electron chi connectivity index (χ0n) is 8.43. The standard InChI is InChI=1S/C12H20O/c1-2-5-10-9-11-6-4-8-12(10,13-11)7-3-1/h10-11H,1-9H2. The van der Waals surface area contributed by atoms with Crippen LogP contribution in [0.15, 0.2) is 0 Å². The molecule has 0 aromatic heterocycles. The maximum atomic E-state index is 6.27. The SMILES string of the molecule is C1CCC2CC3CCCC2(CC1)O3.